The smallest absolute Gasteiger partial charge is 0.253 e. The summed E-state index contributed by atoms with van der Waals surface area (Å²) in [6.45, 7) is 6.10. The van der Waals surface area contributed by atoms with E-state index in [4.69, 9.17) is 0 Å². The first-order valence-corrected chi connectivity index (χ1v) is 9.77. The van der Waals surface area contributed by atoms with Crippen LogP contribution in [-0.4, -0.2) is 38.9 Å². The molecule has 2 rings (SSSR count). The second kappa shape index (κ2) is 7.93. The molecule has 1 aromatic carbocycles. The molecule has 0 unspecified atom stereocenters. The van der Waals surface area contributed by atoms with Crippen molar-refractivity contribution in [2.45, 2.75) is 44.4 Å². The molecule has 1 amide bonds. The van der Waals surface area contributed by atoms with Gasteiger partial charge < -0.3 is 4.90 Å². The number of carbonyl (C=O) groups excluding carboxylic acids is 1. The van der Waals surface area contributed by atoms with Gasteiger partial charge >= 0.3 is 0 Å². The third kappa shape index (κ3) is 5.04. The first kappa shape index (κ1) is 17.9. The number of rotatable bonds is 6. The highest BCUT2D eigenvalue weighted by Gasteiger charge is 2.19. The molecule has 1 saturated heterocycles. The maximum absolute atomic E-state index is 12.4. The number of hydrogen-bond donors (Lipinski definition) is 1. The quantitative estimate of drug-likeness (QED) is 0.867. The monoisotopic (exact) mass is 338 g/mol. The second-order valence-electron chi connectivity index (χ2n) is 6.46. The van der Waals surface area contributed by atoms with E-state index in [2.05, 4.69) is 18.6 Å². The van der Waals surface area contributed by atoms with E-state index in [1.165, 1.54) is 18.6 Å². The zero-order valence-corrected chi connectivity index (χ0v) is 14.7. The molecule has 0 saturated carbocycles. The van der Waals surface area contributed by atoms with Crippen LogP contribution in [0, 0.1) is 5.92 Å². The fourth-order valence-electron chi connectivity index (χ4n) is 2.62. The first-order valence-electron chi connectivity index (χ1n) is 8.29. The van der Waals surface area contributed by atoms with Gasteiger partial charge in [0.2, 0.25) is 10.0 Å². The third-order valence-corrected chi connectivity index (χ3v) is 5.55. The minimum atomic E-state index is -3.50. The Labute approximate surface area is 139 Å². The molecule has 6 heteroatoms. The van der Waals surface area contributed by atoms with E-state index in [-0.39, 0.29) is 10.8 Å². The number of piperidine rings is 1. The van der Waals surface area contributed by atoms with Gasteiger partial charge in [0.15, 0.2) is 0 Å². The fraction of sp³-hybridized carbons (Fsp3) is 0.588. The van der Waals surface area contributed by atoms with Crippen molar-refractivity contribution in [2.24, 2.45) is 5.92 Å². The van der Waals surface area contributed by atoms with Crippen LogP contribution in [0.25, 0.3) is 0 Å². The summed E-state index contributed by atoms with van der Waals surface area (Å²) >= 11 is 0. The van der Waals surface area contributed by atoms with Crippen LogP contribution in [0.2, 0.25) is 0 Å². The molecule has 1 aliphatic rings. The summed E-state index contributed by atoms with van der Waals surface area (Å²) in [5, 5.41) is 0. The van der Waals surface area contributed by atoms with Crippen LogP contribution >= 0.6 is 0 Å². The molecule has 0 aliphatic carbocycles. The van der Waals surface area contributed by atoms with E-state index < -0.39 is 10.0 Å². The van der Waals surface area contributed by atoms with E-state index >= 15 is 0 Å². The van der Waals surface area contributed by atoms with Crippen LogP contribution in [-0.2, 0) is 10.0 Å². The van der Waals surface area contributed by atoms with Crippen LogP contribution in [0.1, 0.15) is 49.9 Å². The Balaban J connectivity index is 2.02. The summed E-state index contributed by atoms with van der Waals surface area (Å²) in [5.74, 6) is 0.434. The van der Waals surface area contributed by atoms with Crippen LogP contribution < -0.4 is 4.72 Å². The maximum Gasteiger partial charge on any atom is 0.253 e. The molecule has 0 bridgehead atoms. The van der Waals surface area contributed by atoms with E-state index in [0.717, 1.165) is 32.4 Å². The predicted molar refractivity (Wildman–Crippen MR) is 90.8 cm³/mol. The van der Waals surface area contributed by atoms with Gasteiger partial charge in [0.05, 0.1) is 4.90 Å². The van der Waals surface area contributed by atoms with Crippen molar-refractivity contribution >= 4 is 15.9 Å². The van der Waals surface area contributed by atoms with Crippen LogP contribution in [0.5, 0.6) is 0 Å². The van der Waals surface area contributed by atoms with Gasteiger partial charge in [0.25, 0.3) is 5.91 Å². The summed E-state index contributed by atoms with van der Waals surface area (Å²) in [6, 6.07) is 6.23. The van der Waals surface area contributed by atoms with Crippen molar-refractivity contribution in [3.8, 4) is 0 Å². The van der Waals surface area contributed by atoms with E-state index in [1.54, 1.807) is 12.1 Å². The number of benzene rings is 1. The average Bonchev–Trinajstić information content (AvgIpc) is 2.54. The lowest BCUT2D eigenvalue weighted by atomic mass is 10.1. The minimum absolute atomic E-state index is 0.0126. The molecule has 0 aromatic heterocycles. The molecule has 23 heavy (non-hydrogen) atoms. The lowest BCUT2D eigenvalue weighted by molar-refractivity contribution is 0.0724. The fourth-order valence-corrected chi connectivity index (χ4v) is 3.67. The van der Waals surface area contributed by atoms with Gasteiger partial charge in [-0.15, -0.1) is 0 Å². The molecule has 128 valence electrons. The highest BCUT2D eigenvalue weighted by atomic mass is 32.2. The Kier molecular flexibility index (Phi) is 6.18. The molecule has 1 aliphatic heterocycles. The zero-order valence-electron chi connectivity index (χ0n) is 13.9. The average molecular weight is 338 g/mol. The van der Waals surface area contributed by atoms with Crippen LogP contribution in [0.15, 0.2) is 29.2 Å². The van der Waals surface area contributed by atoms with Crippen molar-refractivity contribution in [2.75, 3.05) is 19.6 Å². The summed E-state index contributed by atoms with van der Waals surface area (Å²) in [7, 11) is -3.50. The molecule has 1 N–H and O–H groups in total. The van der Waals surface area contributed by atoms with Gasteiger partial charge in [-0.25, -0.2) is 13.1 Å². The van der Waals surface area contributed by atoms with E-state index in [1.807, 2.05) is 4.90 Å². The standard InChI is InChI=1S/C17H26N2O3S/c1-14(2)10-11-18-23(21,22)16-8-6-15(7-9-16)17(20)19-12-4-3-5-13-19/h6-9,14,18H,3-5,10-13H2,1-2H3. The maximum atomic E-state index is 12.4. The van der Waals surface area contributed by atoms with Crippen molar-refractivity contribution in [1.82, 2.24) is 9.62 Å². The topological polar surface area (TPSA) is 66.5 Å². The summed E-state index contributed by atoms with van der Waals surface area (Å²) in [5.41, 5.74) is 0.549. The van der Waals surface area contributed by atoms with Gasteiger partial charge in [-0.1, -0.05) is 13.8 Å². The lowest BCUT2D eigenvalue weighted by Crippen LogP contribution is -2.35. The van der Waals surface area contributed by atoms with Gasteiger partial charge in [-0.2, -0.15) is 0 Å². The summed E-state index contributed by atoms with van der Waals surface area (Å²) in [4.78, 5) is 14.4. The van der Waals surface area contributed by atoms with Crippen molar-refractivity contribution in [1.29, 1.82) is 0 Å². The second-order valence-corrected chi connectivity index (χ2v) is 8.22. The van der Waals surface area contributed by atoms with Gasteiger partial charge in [-0.05, 0) is 55.9 Å². The molecular formula is C17H26N2O3S. The summed E-state index contributed by atoms with van der Waals surface area (Å²) < 4.78 is 27.0. The Morgan fingerprint density at radius 1 is 1.13 bits per heavy atom. The Morgan fingerprint density at radius 2 is 1.74 bits per heavy atom. The largest absolute Gasteiger partial charge is 0.339 e. The third-order valence-electron chi connectivity index (χ3n) is 4.07. The highest BCUT2D eigenvalue weighted by Crippen LogP contribution is 2.16. The number of carbonyl (C=O) groups is 1. The molecule has 1 fully saturated rings. The number of sulfonamides is 1. The number of hydrogen-bond acceptors (Lipinski definition) is 3. The van der Waals surface area contributed by atoms with E-state index in [9.17, 15) is 13.2 Å². The molecule has 5 nitrogen and oxygen atoms in total. The zero-order chi connectivity index (χ0) is 16.9. The summed E-state index contributed by atoms with van der Waals surface area (Å²) in [6.07, 6.45) is 4.05. The molecule has 0 spiro atoms. The Morgan fingerprint density at radius 3 is 2.30 bits per heavy atom. The highest BCUT2D eigenvalue weighted by molar-refractivity contribution is 7.89. The lowest BCUT2D eigenvalue weighted by Gasteiger charge is -2.26. The molecule has 0 radical (unpaired) electrons. The Bertz CT molecular complexity index is 618. The number of likely N-dealkylation sites (tertiary alicyclic amines) is 1. The minimum Gasteiger partial charge on any atom is -0.339 e. The molecule has 1 heterocycles. The van der Waals surface area contributed by atoms with Gasteiger partial charge in [0.1, 0.15) is 0 Å². The van der Waals surface area contributed by atoms with Crippen molar-refractivity contribution in [3.63, 3.8) is 0 Å². The van der Waals surface area contributed by atoms with Crippen LogP contribution in [0.4, 0.5) is 0 Å². The Hall–Kier alpha value is -1.40. The van der Waals surface area contributed by atoms with Crippen LogP contribution in [0.3, 0.4) is 0 Å². The van der Waals surface area contributed by atoms with Crippen molar-refractivity contribution < 1.29 is 13.2 Å². The number of amides is 1. The SMILES string of the molecule is CC(C)CCNS(=O)(=O)c1ccc(C(=O)N2CCCCC2)cc1. The first-order chi connectivity index (χ1) is 10.9. The van der Waals surface area contributed by atoms with Gasteiger partial charge in [0, 0.05) is 25.2 Å². The van der Waals surface area contributed by atoms with E-state index in [0.29, 0.717) is 18.0 Å². The number of nitrogens with one attached hydrogen (secondary N) is 1. The molecule has 1 aromatic rings. The molecule has 0 atom stereocenters. The molecular weight excluding hydrogens is 312 g/mol. The van der Waals surface area contributed by atoms with Crippen molar-refractivity contribution in [3.05, 3.63) is 29.8 Å². The normalized spacial score (nSPS) is 15.9. The number of nitrogens with zero attached hydrogens (tertiary/aromatic N) is 1. The predicted octanol–water partition coefficient (Wildman–Crippen LogP) is 2.64. The van der Waals surface area contributed by atoms with Gasteiger partial charge in [-0.3, -0.25) is 4.79 Å².